The third-order valence-corrected chi connectivity index (χ3v) is 6.31. The number of nitrogens with one attached hydrogen (secondary N) is 1. The van der Waals surface area contributed by atoms with Crippen LogP contribution in [0, 0.1) is 12.7 Å². The molecule has 4 aromatic rings. The first-order chi connectivity index (χ1) is 17.1. The van der Waals surface area contributed by atoms with Gasteiger partial charge in [-0.15, -0.1) is 0 Å². The minimum atomic E-state index is -0.292. The van der Waals surface area contributed by atoms with Crippen LogP contribution in [0.15, 0.2) is 73.1 Å². The highest BCUT2D eigenvalue weighted by Crippen LogP contribution is 2.31. The summed E-state index contributed by atoms with van der Waals surface area (Å²) in [5, 5.41) is 7.81. The summed E-state index contributed by atoms with van der Waals surface area (Å²) < 4.78 is 15.2. The molecule has 35 heavy (non-hydrogen) atoms. The molecule has 0 spiro atoms. The van der Waals surface area contributed by atoms with Crippen molar-refractivity contribution in [2.24, 2.45) is 0 Å². The highest BCUT2D eigenvalue weighted by molar-refractivity contribution is 5.74. The summed E-state index contributed by atoms with van der Waals surface area (Å²) >= 11 is 0. The standard InChI is InChI=1S/C27H27FN6O/c1-19-5-7-20(8-6-19)17-31-27(35)33-15-2-4-22(18-33)25-16-24(21-9-11-23(28)12-10-21)32-34(25)26-29-13-3-14-30-26/h3,5-14,16,22H,2,4,15,17-18H2,1H3,(H,31,35). The molecule has 1 unspecified atom stereocenters. The van der Waals surface area contributed by atoms with Crippen molar-refractivity contribution in [3.05, 3.63) is 95.7 Å². The Bertz CT molecular complexity index is 1290. The summed E-state index contributed by atoms with van der Waals surface area (Å²) in [4.78, 5) is 23.6. The average molecular weight is 471 g/mol. The van der Waals surface area contributed by atoms with E-state index < -0.39 is 0 Å². The number of carbonyl (C=O) groups excluding carboxylic acids is 1. The van der Waals surface area contributed by atoms with Crippen LogP contribution in [0.1, 0.15) is 35.6 Å². The number of amides is 2. The molecule has 1 saturated heterocycles. The molecule has 7 nitrogen and oxygen atoms in total. The molecule has 0 aliphatic carbocycles. The number of aromatic nitrogens is 4. The van der Waals surface area contributed by atoms with E-state index in [-0.39, 0.29) is 17.8 Å². The van der Waals surface area contributed by atoms with E-state index in [1.54, 1.807) is 35.3 Å². The van der Waals surface area contributed by atoms with Gasteiger partial charge in [0.2, 0.25) is 0 Å². The van der Waals surface area contributed by atoms with Crippen molar-refractivity contribution in [3.63, 3.8) is 0 Å². The molecule has 178 valence electrons. The number of rotatable bonds is 5. The lowest BCUT2D eigenvalue weighted by Crippen LogP contribution is -2.45. The molecule has 1 N–H and O–H groups in total. The van der Waals surface area contributed by atoms with Crippen molar-refractivity contribution >= 4 is 6.03 Å². The highest BCUT2D eigenvalue weighted by atomic mass is 19.1. The number of halogens is 1. The predicted molar refractivity (Wildman–Crippen MR) is 132 cm³/mol. The largest absolute Gasteiger partial charge is 0.334 e. The number of hydrogen-bond donors (Lipinski definition) is 1. The first-order valence-corrected chi connectivity index (χ1v) is 11.8. The summed E-state index contributed by atoms with van der Waals surface area (Å²) in [6, 6.07) is 18.1. The maximum atomic E-state index is 13.5. The topological polar surface area (TPSA) is 75.9 Å². The van der Waals surface area contributed by atoms with Crippen LogP contribution in [-0.2, 0) is 6.54 Å². The Morgan fingerprint density at radius 1 is 1.09 bits per heavy atom. The Labute approximate surface area is 203 Å². The predicted octanol–water partition coefficient (Wildman–Crippen LogP) is 4.87. The maximum Gasteiger partial charge on any atom is 0.317 e. The zero-order chi connectivity index (χ0) is 24.2. The summed E-state index contributed by atoms with van der Waals surface area (Å²) in [6.45, 7) is 3.81. The van der Waals surface area contributed by atoms with Crippen molar-refractivity contribution in [1.29, 1.82) is 0 Å². The van der Waals surface area contributed by atoms with Gasteiger partial charge in [-0.3, -0.25) is 0 Å². The van der Waals surface area contributed by atoms with Crippen molar-refractivity contribution in [1.82, 2.24) is 30.0 Å². The summed E-state index contributed by atoms with van der Waals surface area (Å²) in [6.07, 6.45) is 5.16. The zero-order valence-electron chi connectivity index (χ0n) is 19.6. The van der Waals surface area contributed by atoms with Crippen LogP contribution in [0.5, 0.6) is 0 Å². The molecule has 5 rings (SSSR count). The molecule has 1 aliphatic rings. The Morgan fingerprint density at radius 2 is 1.83 bits per heavy atom. The van der Waals surface area contributed by atoms with Gasteiger partial charge >= 0.3 is 6.03 Å². The summed E-state index contributed by atoms with van der Waals surface area (Å²) in [5.41, 5.74) is 4.73. The number of piperidine rings is 1. The Balaban J connectivity index is 1.37. The fourth-order valence-corrected chi connectivity index (χ4v) is 4.41. The van der Waals surface area contributed by atoms with Crippen LogP contribution in [0.4, 0.5) is 9.18 Å². The Kier molecular flexibility index (Phi) is 6.52. The number of benzene rings is 2. The van der Waals surface area contributed by atoms with E-state index in [1.807, 2.05) is 42.2 Å². The van der Waals surface area contributed by atoms with Gasteiger partial charge in [-0.25, -0.2) is 23.8 Å². The van der Waals surface area contributed by atoms with Crippen molar-refractivity contribution in [3.8, 4) is 17.2 Å². The van der Waals surface area contributed by atoms with E-state index >= 15 is 0 Å². The van der Waals surface area contributed by atoms with Gasteiger partial charge in [-0.1, -0.05) is 29.8 Å². The van der Waals surface area contributed by atoms with Crippen LogP contribution in [0.25, 0.3) is 17.2 Å². The third-order valence-electron chi connectivity index (χ3n) is 6.31. The van der Waals surface area contributed by atoms with Crippen LogP contribution < -0.4 is 5.32 Å². The second kappa shape index (κ2) is 10.0. The van der Waals surface area contributed by atoms with E-state index in [4.69, 9.17) is 5.10 Å². The fourth-order valence-electron chi connectivity index (χ4n) is 4.41. The van der Waals surface area contributed by atoms with Gasteiger partial charge in [-0.05, 0) is 61.7 Å². The van der Waals surface area contributed by atoms with Gasteiger partial charge in [0, 0.05) is 43.5 Å². The lowest BCUT2D eigenvalue weighted by atomic mass is 9.94. The summed E-state index contributed by atoms with van der Waals surface area (Å²) in [5.74, 6) is 0.246. The van der Waals surface area contributed by atoms with Crippen molar-refractivity contribution < 1.29 is 9.18 Å². The molecule has 0 saturated carbocycles. The third kappa shape index (κ3) is 5.21. The molecule has 0 radical (unpaired) electrons. The molecule has 2 amide bonds. The maximum absolute atomic E-state index is 13.5. The first kappa shape index (κ1) is 22.7. The number of nitrogens with zero attached hydrogens (tertiary/aromatic N) is 5. The zero-order valence-corrected chi connectivity index (χ0v) is 19.6. The molecule has 2 aromatic heterocycles. The van der Waals surface area contributed by atoms with Gasteiger partial charge in [0.05, 0.1) is 11.4 Å². The lowest BCUT2D eigenvalue weighted by Gasteiger charge is -2.32. The van der Waals surface area contributed by atoms with E-state index in [0.717, 1.165) is 29.7 Å². The molecular weight excluding hydrogens is 443 g/mol. The SMILES string of the molecule is Cc1ccc(CNC(=O)N2CCCC(c3cc(-c4ccc(F)cc4)nn3-c3ncccn3)C2)cc1. The molecule has 0 bridgehead atoms. The lowest BCUT2D eigenvalue weighted by molar-refractivity contribution is 0.178. The second-order valence-electron chi connectivity index (χ2n) is 8.85. The summed E-state index contributed by atoms with van der Waals surface area (Å²) in [7, 11) is 0. The van der Waals surface area contributed by atoms with Crippen LogP contribution in [0.2, 0.25) is 0 Å². The minimum Gasteiger partial charge on any atom is -0.334 e. The molecular formula is C27H27FN6O. The Morgan fingerprint density at radius 3 is 2.57 bits per heavy atom. The average Bonchev–Trinajstić information content (AvgIpc) is 3.35. The number of urea groups is 1. The van der Waals surface area contributed by atoms with E-state index in [9.17, 15) is 9.18 Å². The minimum absolute atomic E-state index is 0.0689. The molecule has 1 aliphatic heterocycles. The van der Waals surface area contributed by atoms with Crippen LogP contribution >= 0.6 is 0 Å². The molecule has 8 heteroatoms. The fraction of sp³-hybridized carbons (Fsp3) is 0.259. The highest BCUT2D eigenvalue weighted by Gasteiger charge is 2.28. The number of likely N-dealkylation sites (tertiary alicyclic amines) is 1. The number of carbonyl (C=O) groups is 1. The van der Waals surface area contributed by atoms with Crippen LogP contribution in [0.3, 0.4) is 0 Å². The normalized spacial score (nSPS) is 15.7. The smallest absolute Gasteiger partial charge is 0.317 e. The molecule has 2 aromatic carbocycles. The Hall–Kier alpha value is -4.07. The molecule has 1 atom stereocenters. The van der Waals surface area contributed by atoms with Crippen LogP contribution in [-0.4, -0.2) is 43.8 Å². The van der Waals surface area contributed by atoms with E-state index in [1.165, 1.54) is 17.7 Å². The first-order valence-electron chi connectivity index (χ1n) is 11.8. The van der Waals surface area contributed by atoms with E-state index in [2.05, 4.69) is 15.3 Å². The van der Waals surface area contributed by atoms with Crippen molar-refractivity contribution in [2.75, 3.05) is 13.1 Å². The number of aryl methyl sites for hydroxylation is 1. The van der Waals surface area contributed by atoms with Gasteiger partial charge < -0.3 is 10.2 Å². The monoisotopic (exact) mass is 470 g/mol. The van der Waals surface area contributed by atoms with Gasteiger partial charge in [0.15, 0.2) is 0 Å². The number of hydrogen-bond acceptors (Lipinski definition) is 4. The van der Waals surface area contributed by atoms with Gasteiger partial charge in [-0.2, -0.15) is 5.10 Å². The van der Waals surface area contributed by atoms with Gasteiger partial charge in [0.25, 0.3) is 5.95 Å². The molecule has 1 fully saturated rings. The van der Waals surface area contributed by atoms with Crippen molar-refractivity contribution in [2.45, 2.75) is 32.2 Å². The van der Waals surface area contributed by atoms with E-state index in [0.29, 0.717) is 31.3 Å². The quantitative estimate of drug-likeness (QED) is 0.452. The molecule has 3 heterocycles. The van der Waals surface area contributed by atoms with Gasteiger partial charge in [0.1, 0.15) is 5.82 Å². The second-order valence-corrected chi connectivity index (χ2v) is 8.85.